The number of fused-ring (bicyclic) bond motifs is 2. The smallest absolute Gasteiger partial charge is 0.487 e. The van der Waals surface area contributed by atoms with Crippen molar-refractivity contribution in [3.8, 4) is 16.9 Å². The summed E-state index contributed by atoms with van der Waals surface area (Å²) in [6.07, 6.45) is 2.23. The molecular formula is C18H18BN3O3. The lowest BCUT2D eigenvalue weighted by atomic mass is 9.77. The number of hydrogen-bond donors (Lipinski definition) is 3. The second-order valence-electron chi connectivity index (χ2n) is 7.00. The van der Waals surface area contributed by atoms with Gasteiger partial charge in [-0.05, 0) is 42.6 Å². The van der Waals surface area contributed by atoms with Gasteiger partial charge in [-0.15, -0.1) is 0 Å². The molecule has 1 aromatic heterocycles. The Morgan fingerprint density at radius 1 is 1.20 bits per heavy atom. The lowest BCUT2D eigenvalue weighted by molar-refractivity contribution is 0.139. The van der Waals surface area contributed by atoms with Crippen LogP contribution in [0.1, 0.15) is 19.4 Å². The first-order valence-electron chi connectivity index (χ1n) is 8.07. The van der Waals surface area contributed by atoms with Gasteiger partial charge in [0, 0.05) is 17.4 Å². The number of nitrogens with two attached hydrogens (primary N) is 1. The van der Waals surface area contributed by atoms with Crippen LogP contribution in [0.25, 0.3) is 22.0 Å². The predicted octanol–water partition coefficient (Wildman–Crippen LogP) is 1.27. The number of benzene rings is 2. The number of hydrogen-bond acceptors (Lipinski definition) is 6. The van der Waals surface area contributed by atoms with Crippen molar-refractivity contribution in [3.05, 3.63) is 42.1 Å². The van der Waals surface area contributed by atoms with Gasteiger partial charge in [0.2, 0.25) is 0 Å². The van der Waals surface area contributed by atoms with Gasteiger partial charge in [0.05, 0.1) is 17.4 Å². The zero-order chi connectivity index (χ0) is 17.8. The monoisotopic (exact) mass is 335 g/mol. The summed E-state index contributed by atoms with van der Waals surface area (Å²) in [5, 5.41) is 28.2. The first-order chi connectivity index (χ1) is 11.8. The maximum absolute atomic E-state index is 9.64. The molecule has 0 saturated heterocycles. The molecule has 0 radical (unpaired) electrons. The van der Waals surface area contributed by atoms with Gasteiger partial charge >= 0.3 is 7.12 Å². The van der Waals surface area contributed by atoms with Crippen LogP contribution in [0.4, 0.5) is 5.69 Å². The Morgan fingerprint density at radius 2 is 2.00 bits per heavy atom. The van der Waals surface area contributed by atoms with E-state index in [0.717, 1.165) is 27.8 Å². The van der Waals surface area contributed by atoms with Crippen molar-refractivity contribution in [2.75, 3.05) is 5.73 Å². The van der Waals surface area contributed by atoms with Crippen LogP contribution in [-0.4, -0.2) is 33.0 Å². The lowest BCUT2D eigenvalue weighted by Gasteiger charge is -2.18. The number of nitrogens with zero attached hydrogens (tertiary/aromatic N) is 2. The summed E-state index contributed by atoms with van der Waals surface area (Å²) in [4.78, 5) is 0. The van der Waals surface area contributed by atoms with E-state index >= 15 is 0 Å². The van der Waals surface area contributed by atoms with Gasteiger partial charge in [-0.3, -0.25) is 0 Å². The van der Waals surface area contributed by atoms with E-state index in [-0.39, 0.29) is 5.60 Å². The summed E-state index contributed by atoms with van der Waals surface area (Å²) < 4.78 is 6.13. The largest absolute Gasteiger partial charge is 0.488 e. The van der Waals surface area contributed by atoms with E-state index in [4.69, 9.17) is 10.5 Å². The highest BCUT2D eigenvalue weighted by atomic mass is 16.5. The highest BCUT2D eigenvalue weighted by Gasteiger charge is 2.33. The third-order valence-electron chi connectivity index (χ3n) is 4.46. The SMILES string of the molecule is CC1(C)Cc2cc(B(O)O)cc(-c3ccc4c(N)cnnc4c3)c2O1. The fourth-order valence-electron chi connectivity index (χ4n) is 3.35. The molecule has 126 valence electrons. The van der Waals surface area contributed by atoms with E-state index in [2.05, 4.69) is 10.2 Å². The van der Waals surface area contributed by atoms with Crippen LogP contribution in [0.5, 0.6) is 5.75 Å². The van der Waals surface area contributed by atoms with Crippen LogP contribution in [0.2, 0.25) is 0 Å². The number of anilines is 1. The quantitative estimate of drug-likeness (QED) is 0.610. The van der Waals surface area contributed by atoms with Crippen LogP contribution < -0.4 is 15.9 Å². The van der Waals surface area contributed by atoms with E-state index in [1.165, 1.54) is 6.20 Å². The van der Waals surface area contributed by atoms with Crippen molar-refractivity contribution in [1.29, 1.82) is 0 Å². The van der Waals surface area contributed by atoms with E-state index in [0.29, 0.717) is 23.1 Å². The minimum absolute atomic E-state index is 0.336. The van der Waals surface area contributed by atoms with Gasteiger partial charge in [0.15, 0.2) is 0 Å². The Bertz CT molecular complexity index is 989. The molecule has 4 rings (SSSR count). The third kappa shape index (κ3) is 2.71. The molecule has 0 atom stereocenters. The van der Waals surface area contributed by atoms with Gasteiger partial charge < -0.3 is 20.5 Å². The fourth-order valence-corrected chi connectivity index (χ4v) is 3.35. The average molecular weight is 335 g/mol. The second-order valence-corrected chi connectivity index (χ2v) is 7.00. The lowest BCUT2D eigenvalue weighted by Crippen LogP contribution is -2.30. The van der Waals surface area contributed by atoms with E-state index < -0.39 is 7.12 Å². The van der Waals surface area contributed by atoms with Crippen molar-refractivity contribution in [2.24, 2.45) is 0 Å². The number of nitrogen functional groups attached to an aromatic ring is 1. The predicted molar refractivity (Wildman–Crippen MR) is 97.6 cm³/mol. The molecule has 3 aromatic rings. The second kappa shape index (κ2) is 5.44. The summed E-state index contributed by atoms with van der Waals surface area (Å²) >= 11 is 0. The molecule has 0 bridgehead atoms. The number of ether oxygens (including phenoxy) is 1. The molecule has 1 aliphatic heterocycles. The molecule has 4 N–H and O–H groups in total. The highest BCUT2D eigenvalue weighted by Crippen LogP contribution is 2.42. The van der Waals surface area contributed by atoms with Crippen LogP contribution in [0.3, 0.4) is 0 Å². The Kier molecular flexibility index (Phi) is 3.45. The molecule has 0 unspecified atom stereocenters. The topological polar surface area (TPSA) is 101 Å². The van der Waals surface area contributed by atoms with Gasteiger partial charge in [-0.1, -0.05) is 18.2 Å². The molecule has 0 spiro atoms. The summed E-state index contributed by atoms with van der Waals surface area (Å²) in [7, 11) is -1.54. The van der Waals surface area contributed by atoms with Gasteiger partial charge in [-0.25, -0.2) is 0 Å². The van der Waals surface area contributed by atoms with E-state index in [9.17, 15) is 10.0 Å². The average Bonchev–Trinajstić information content (AvgIpc) is 2.87. The minimum atomic E-state index is -1.54. The molecule has 0 aliphatic carbocycles. The van der Waals surface area contributed by atoms with E-state index in [1.807, 2.05) is 32.0 Å². The van der Waals surface area contributed by atoms with Gasteiger partial charge in [-0.2, -0.15) is 10.2 Å². The molecule has 0 amide bonds. The minimum Gasteiger partial charge on any atom is -0.487 e. The summed E-state index contributed by atoms with van der Waals surface area (Å²) in [6, 6.07) is 9.24. The molecule has 25 heavy (non-hydrogen) atoms. The molecule has 7 heteroatoms. The zero-order valence-corrected chi connectivity index (χ0v) is 14.0. The highest BCUT2D eigenvalue weighted by molar-refractivity contribution is 6.58. The Balaban J connectivity index is 1.93. The molecule has 2 aromatic carbocycles. The fraction of sp³-hybridized carbons (Fsp3) is 0.222. The zero-order valence-electron chi connectivity index (χ0n) is 14.0. The Hall–Kier alpha value is -2.64. The molecule has 6 nitrogen and oxygen atoms in total. The molecule has 0 saturated carbocycles. The van der Waals surface area contributed by atoms with Crippen LogP contribution >= 0.6 is 0 Å². The molecule has 0 fully saturated rings. The first-order valence-corrected chi connectivity index (χ1v) is 8.07. The summed E-state index contributed by atoms with van der Waals surface area (Å²) in [5.74, 6) is 0.769. The van der Waals surface area contributed by atoms with Crippen molar-refractivity contribution >= 4 is 29.2 Å². The summed E-state index contributed by atoms with van der Waals surface area (Å²) in [6.45, 7) is 4.02. The van der Waals surface area contributed by atoms with Crippen molar-refractivity contribution < 1.29 is 14.8 Å². The van der Waals surface area contributed by atoms with Crippen LogP contribution in [-0.2, 0) is 6.42 Å². The van der Waals surface area contributed by atoms with Crippen LogP contribution in [0, 0.1) is 0 Å². The molecule has 2 heterocycles. The molecule has 1 aliphatic rings. The first kappa shape index (κ1) is 15.9. The number of aromatic nitrogens is 2. The van der Waals surface area contributed by atoms with Crippen molar-refractivity contribution in [3.63, 3.8) is 0 Å². The number of rotatable bonds is 2. The van der Waals surface area contributed by atoms with E-state index in [1.54, 1.807) is 12.1 Å². The van der Waals surface area contributed by atoms with Crippen molar-refractivity contribution in [2.45, 2.75) is 25.9 Å². The van der Waals surface area contributed by atoms with Crippen LogP contribution in [0.15, 0.2) is 36.5 Å². The maximum atomic E-state index is 9.64. The summed E-state index contributed by atoms with van der Waals surface area (Å²) in [5.41, 5.74) is 9.92. The maximum Gasteiger partial charge on any atom is 0.488 e. The van der Waals surface area contributed by atoms with Gasteiger partial charge in [0.1, 0.15) is 11.4 Å². The Morgan fingerprint density at radius 3 is 2.76 bits per heavy atom. The van der Waals surface area contributed by atoms with Gasteiger partial charge in [0.25, 0.3) is 0 Å². The molecular weight excluding hydrogens is 317 g/mol. The standard InChI is InChI=1S/C18H18BN3O3/c1-18(2)8-11-5-12(19(23)24)7-14(17(11)25-18)10-3-4-13-15(20)9-21-22-16(13)6-10/h3-7,9,23-24H,8H2,1-2H3,(H2,20,22). The Labute approximate surface area is 145 Å². The van der Waals surface area contributed by atoms with Crippen molar-refractivity contribution in [1.82, 2.24) is 10.2 Å². The third-order valence-corrected chi connectivity index (χ3v) is 4.46. The normalized spacial score (nSPS) is 15.0.